The molecular formula is C31H37F6N7O. The molecule has 3 aliphatic heterocycles. The van der Waals surface area contributed by atoms with Crippen LogP contribution >= 0.6 is 0 Å². The highest BCUT2D eigenvalue weighted by atomic mass is 19.4. The van der Waals surface area contributed by atoms with E-state index in [1.807, 2.05) is 11.9 Å². The highest BCUT2D eigenvalue weighted by Gasteiger charge is 2.62. The molecule has 1 aliphatic carbocycles. The number of halogens is 6. The van der Waals surface area contributed by atoms with Crippen molar-refractivity contribution in [3.63, 3.8) is 0 Å². The van der Waals surface area contributed by atoms with Crippen molar-refractivity contribution in [3.8, 4) is 12.1 Å². The molecule has 7 atom stereocenters. The van der Waals surface area contributed by atoms with Crippen LogP contribution in [0.3, 0.4) is 0 Å². The summed E-state index contributed by atoms with van der Waals surface area (Å²) in [6, 6.07) is 3.59. The van der Waals surface area contributed by atoms with Gasteiger partial charge >= 0.3 is 12.2 Å². The molecule has 14 heteroatoms. The normalized spacial score (nSPS) is 36.4. The number of nitrogens with two attached hydrogens (primary N) is 1. The Labute approximate surface area is 257 Å². The minimum Gasteiger partial charge on any atom is -0.463 e. The average Bonchev–Trinajstić information content (AvgIpc) is 3.29. The largest absolute Gasteiger partial charge is 0.463 e. The molecule has 3 unspecified atom stereocenters. The molecule has 3 fully saturated rings. The summed E-state index contributed by atoms with van der Waals surface area (Å²) >= 11 is 0. The van der Waals surface area contributed by atoms with Crippen molar-refractivity contribution in [2.75, 3.05) is 39.8 Å². The Balaban J connectivity index is 1.46. The molecule has 1 aromatic carbocycles. The van der Waals surface area contributed by atoms with Crippen molar-refractivity contribution in [1.82, 2.24) is 25.1 Å². The molecule has 1 aromatic heterocycles. The van der Waals surface area contributed by atoms with Gasteiger partial charge in [-0.3, -0.25) is 10.6 Å². The van der Waals surface area contributed by atoms with E-state index in [0.29, 0.717) is 19.5 Å². The third-order valence-electron chi connectivity index (χ3n) is 10.2. The van der Waals surface area contributed by atoms with E-state index < -0.39 is 64.0 Å². The molecule has 8 nitrogen and oxygen atoms in total. The van der Waals surface area contributed by atoms with Crippen LogP contribution in [0.25, 0.3) is 16.5 Å². The number of ether oxygens (including phenoxy) is 1. The lowest BCUT2D eigenvalue weighted by molar-refractivity contribution is -0.122. The average molecular weight is 638 g/mol. The monoisotopic (exact) mass is 637 g/mol. The number of nitrogens with zero attached hydrogens (tertiary/aromatic N) is 5. The molecular weight excluding hydrogens is 600 g/mol. The molecule has 6 rings (SSSR count). The third kappa shape index (κ3) is 5.55. The van der Waals surface area contributed by atoms with Crippen molar-refractivity contribution in [2.45, 2.75) is 75.3 Å². The van der Waals surface area contributed by atoms with Gasteiger partial charge in [-0.15, -0.1) is 0 Å². The fourth-order valence-electron chi connectivity index (χ4n) is 7.95. The minimum absolute atomic E-state index is 0.0737. The molecule has 0 spiro atoms. The fourth-order valence-corrected chi connectivity index (χ4v) is 7.95. The summed E-state index contributed by atoms with van der Waals surface area (Å²) in [4.78, 5) is 11.8. The first-order valence-corrected chi connectivity index (χ1v) is 15.2. The van der Waals surface area contributed by atoms with Crippen molar-refractivity contribution in [2.24, 2.45) is 17.1 Å². The van der Waals surface area contributed by atoms with Crippen molar-refractivity contribution >= 4 is 16.5 Å². The van der Waals surface area contributed by atoms with Gasteiger partial charge in [0, 0.05) is 67.2 Å². The number of likely N-dealkylation sites (tertiary alicyclic amines) is 2. The van der Waals surface area contributed by atoms with Crippen LogP contribution in [-0.2, 0) is 0 Å². The van der Waals surface area contributed by atoms with Crippen LogP contribution in [0.4, 0.5) is 26.3 Å². The Morgan fingerprint density at radius 3 is 2.51 bits per heavy atom. The van der Waals surface area contributed by atoms with Crippen LogP contribution in [0.5, 0.6) is 6.01 Å². The summed E-state index contributed by atoms with van der Waals surface area (Å²) in [6.45, 7) is 4.32. The van der Waals surface area contributed by atoms with Crippen molar-refractivity contribution < 1.29 is 31.1 Å². The zero-order valence-electron chi connectivity index (χ0n) is 25.4. The second-order valence-corrected chi connectivity index (χ2v) is 13.7. The van der Waals surface area contributed by atoms with Crippen LogP contribution in [0.15, 0.2) is 23.9 Å². The zero-order valence-corrected chi connectivity index (χ0v) is 25.4. The number of aromatic nitrogens is 2. The van der Waals surface area contributed by atoms with Crippen LogP contribution in [0.2, 0.25) is 0 Å². The van der Waals surface area contributed by atoms with E-state index in [4.69, 9.17) is 10.5 Å². The Kier molecular flexibility index (Phi) is 7.86. The Hall–Kier alpha value is -2.99. The van der Waals surface area contributed by atoms with Crippen LogP contribution in [0.1, 0.15) is 45.1 Å². The van der Waals surface area contributed by atoms with Gasteiger partial charge in [-0.05, 0) is 38.8 Å². The van der Waals surface area contributed by atoms with Crippen LogP contribution in [-0.4, -0.2) is 95.4 Å². The van der Waals surface area contributed by atoms with E-state index in [-0.39, 0.29) is 48.7 Å². The minimum atomic E-state index is -5.05. The lowest BCUT2D eigenvalue weighted by Gasteiger charge is -2.53. The smallest absolute Gasteiger partial charge is 0.414 e. The molecule has 0 amide bonds. The molecule has 2 bridgehead atoms. The lowest BCUT2D eigenvalue weighted by atomic mass is 9.66. The predicted octanol–water partition coefficient (Wildman–Crippen LogP) is 4.51. The maximum atomic E-state index is 16.5. The molecule has 3 N–H and O–H groups in total. The number of rotatable bonds is 5. The van der Waals surface area contributed by atoms with E-state index in [1.54, 1.807) is 17.9 Å². The molecule has 4 aliphatic rings. The van der Waals surface area contributed by atoms with Gasteiger partial charge in [-0.1, -0.05) is 19.1 Å². The number of nitriles is 1. The van der Waals surface area contributed by atoms with E-state index in [0.717, 1.165) is 18.9 Å². The van der Waals surface area contributed by atoms with Gasteiger partial charge in [0.1, 0.15) is 24.2 Å². The highest BCUT2D eigenvalue weighted by molar-refractivity contribution is 5.87. The first-order valence-electron chi connectivity index (χ1n) is 15.2. The number of piperidine rings is 1. The standard InChI is InChI=1S/C31H37F6N7O/c1-28(15-43(3)9-8-22(28)32)16-45-27-40-11-17-4-7-20(24(33)25(17)42-27)23-21(10-38)30(34,39)14-29(2,26(23)31(35,36)37)44-12-18-5-6-19(13-44)41-18/h4,7,11,18-19,21-22,41H,5-6,8-9,12-16,39H2,1-3H3/t18-,19+,21?,22-,28-,29?,30?/m0/s1. The highest BCUT2D eigenvalue weighted by Crippen LogP contribution is 2.55. The summed E-state index contributed by atoms with van der Waals surface area (Å²) in [5.74, 6) is -6.20. The molecule has 244 valence electrons. The second kappa shape index (κ2) is 11.1. The van der Waals surface area contributed by atoms with E-state index in [9.17, 15) is 9.65 Å². The Morgan fingerprint density at radius 2 is 1.87 bits per heavy atom. The number of hydrogen-bond donors (Lipinski definition) is 2. The molecule has 2 aromatic rings. The van der Waals surface area contributed by atoms with E-state index in [2.05, 4.69) is 15.3 Å². The molecule has 0 radical (unpaired) electrons. The summed E-state index contributed by atoms with van der Waals surface area (Å²) in [6.07, 6.45) is -3.90. The van der Waals surface area contributed by atoms with Crippen molar-refractivity contribution in [1.29, 1.82) is 5.26 Å². The second-order valence-electron chi connectivity index (χ2n) is 13.7. The first kappa shape index (κ1) is 32.0. The predicted molar refractivity (Wildman–Crippen MR) is 155 cm³/mol. The fraction of sp³-hybridized carbons (Fsp3) is 0.645. The van der Waals surface area contributed by atoms with Crippen LogP contribution < -0.4 is 15.8 Å². The zero-order chi connectivity index (χ0) is 32.5. The quantitative estimate of drug-likeness (QED) is 0.365. The van der Waals surface area contributed by atoms with Gasteiger partial charge in [-0.2, -0.15) is 23.4 Å². The van der Waals surface area contributed by atoms with Crippen molar-refractivity contribution in [3.05, 3.63) is 35.3 Å². The number of hydrogen-bond acceptors (Lipinski definition) is 8. The molecule has 3 saturated heterocycles. The number of fused-ring (bicyclic) bond motifs is 3. The first-order chi connectivity index (χ1) is 21.1. The van der Waals surface area contributed by atoms with Gasteiger partial charge in [-0.25, -0.2) is 18.2 Å². The van der Waals surface area contributed by atoms with Gasteiger partial charge in [0.2, 0.25) is 0 Å². The number of piperazine rings is 1. The van der Waals surface area contributed by atoms with Gasteiger partial charge in [0.05, 0.1) is 17.2 Å². The lowest BCUT2D eigenvalue weighted by Crippen LogP contribution is -2.66. The Morgan fingerprint density at radius 1 is 1.18 bits per heavy atom. The van der Waals surface area contributed by atoms with Gasteiger partial charge in [0.15, 0.2) is 11.6 Å². The number of benzene rings is 1. The van der Waals surface area contributed by atoms with E-state index >= 15 is 22.0 Å². The molecule has 0 saturated carbocycles. The topological polar surface area (TPSA) is 103 Å². The maximum Gasteiger partial charge on any atom is 0.414 e. The third-order valence-corrected chi connectivity index (χ3v) is 10.2. The Bertz CT molecular complexity index is 1550. The summed E-state index contributed by atoms with van der Waals surface area (Å²) in [5.41, 5.74) is 0.134. The van der Waals surface area contributed by atoms with E-state index in [1.165, 1.54) is 19.2 Å². The van der Waals surface area contributed by atoms with Gasteiger partial charge < -0.3 is 15.0 Å². The van der Waals surface area contributed by atoms with Gasteiger partial charge in [0.25, 0.3) is 0 Å². The summed E-state index contributed by atoms with van der Waals surface area (Å²) in [5, 5.41) is 13.5. The number of alkyl halides is 5. The summed E-state index contributed by atoms with van der Waals surface area (Å²) < 4.78 is 98.9. The maximum absolute atomic E-state index is 16.5. The molecule has 4 heterocycles. The summed E-state index contributed by atoms with van der Waals surface area (Å²) in [7, 11) is 1.86. The SMILES string of the molecule is CN1CC[C@H](F)[C@](C)(COc2ncc3ccc(C4=C(C(F)(F)F)C(C)(N5C[C@H]6CC[C@@H](C5)N6)CC(N)(F)C4C#N)c(F)c3n2)C1. The van der Waals surface area contributed by atoms with Crippen LogP contribution in [0, 0.1) is 28.5 Å². The molecule has 45 heavy (non-hydrogen) atoms. The number of nitrogens with one attached hydrogen (secondary N) is 1.